The van der Waals surface area contributed by atoms with Crippen molar-refractivity contribution in [3.8, 4) is 17.6 Å². The molecule has 8 heteroatoms. The van der Waals surface area contributed by atoms with Crippen LogP contribution in [0.4, 0.5) is 0 Å². The number of ether oxygens (including phenoxy) is 2. The number of nitrogens with zero attached hydrogens (tertiary/aromatic N) is 1. The lowest BCUT2D eigenvalue weighted by atomic mass is 9.83. The van der Waals surface area contributed by atoms with Crippen molar-refractivity contribution >= 4 is 40.8 Å². The average Bonchev–Trinajstić information content (AvgIpc) is 2.73. The van der Waals surface area contributed by atoms with Gasteiger partial charge in [-0.05, 0) is 42.0 Å². The first-order valence-corrected chi connectivity index (χ1v) is 10.1. The van der Waals surface area contributed by atoms with Gasteiger partial charge in [0.05, 0.1) is 11.5 Å². The van der Waals surface area contributed by atoms with Gasteiger partial charge in [-0.25, -0.2) is 4.79 Å². The van der Waals surface area contributed by atoms with Crippen LogP contribution in [0.1, 0.15) is 27.4 Å². The van der Waals surface area contributed by atoms with E-state index in [0.29, 0.717) is 37.5 Å². The van der Waals surface area contributed by atoms with Crippen molar-refractivity contribution in [1.29, 1.82) is 5.26 Å². The number of rotatable bonds is 3. The molecule has 3 aromatic carbocycles. The molecule has 1 atom stereocenters. The maximum absolute atomic E-state index is 12.4. The van der Waals surface area contributed by atoms with E-state index in [1.807, 2.05) is 0 Å². The van der Waals surface area contributed by atoms with Crippen molar-refractivity contribution in [3.63, 3.8) is 0 Å². The van der Waals surface area contributed by atoms with Crippen molar-refractivity contribution in [3.05, 3.63) is 104 Å². The first-order valence-electron chi connectivity index (χ1n) is 9.01. The van der Waals surface area contributed by atoms with Gasteiger partial charge >= 0.3 is 5.97 Å². The third-order valence-electron chi connectivity index (χ3n) is 4.73. The molecule has 1 heterocycles. The minimum Gasteiger partial charge on any atom is -0.440 e. The van der Waals surface area contributed by atoms with E-state index in [9.17, 15) is 10.1 Å². The molecular formula is C23H13Cl3N2O3. The van der Waals surface area contributed by atoms with Gasteiger partial charge in [0.15, 0.2) is 0 Å². The summed E-state index contributed by atoms with van der Waals surface area (Å²) in [5.74, 6) is -0.584. The Bertz CT molecular complexity index is 1280. The van der Waals surface area contributed by atoms with Crippen LogP contribution >= 0.6 is 34.8 Å². The van der Waals surface area contributed by atoms with Gasteiger partial charge in [-0.3, -0.25) is 0 Å². The average molecular weight is 472 g/mol. The number of carbonyl (C=O) groups excluding carboxylic acids is 1. The minimum absolute atomic E-state index is 0.0515. The molecule has 0 saturated carbocycles. The number of benzene rings is 3. The first kappa shape index (κ1) is 21.1. The number of halogens is 3. The molecule has 0 aromatic heterocycles. The van der Waals surface area contributed by atoms with Crippen LogP contribution < -0.4 is 15.2 Å². The molecule has 1 aliphatic heterocycles. The zero-order valence-electron chi connectivity index (χ0n) is 15.7. The Hall–Kier alpha value is -3.17. The fourth-order valence-corrected chi connectivity index (χ4v) is 4.04. The summed E-state index contributed by atoms with van der Waals surface area (Å²) in [6.45, 7) is 0. The van der Waals surface area contributed by atoms with Gasteiger partial charge < -0.3 is 15.2 Å². The lowest BCUT2D eigenvalue weighted by Crippen LogP contribution is -2.21. The molecule has 31 heavy (non-hydrogen) atoms. The second-order valence-electron chi connectivity index (χ2n) is 6.69. The van der Waals surface area contributed by atoms with Crippen LogP contribution in [0, 0.1) is 11.3 Å². The molecule has 1 aliphatic rings. The lowest BCUT2D eigenvalue weighted by molar-refractivity contribution is 0.0734. The van der Waals surface area contributed by atoms with Gasteiger partial charge in [0.25, 0.3) is 0 Å². The van der Waals surface area contributed by atoms with E-state index in [1.165, 1.54) is 12.1 Å². The summed E-state index contributed by atoms with van der Waals surface area (Å²) in [6.07, 6.45) is 0. The van der Waals surface area contributed by atoms with Gasteiger partial charge in [-0.1, -0.05) is 53.0 Å². The summed E-state index contributed by atoms with van der Waals surface area (Å²) < 4.78 is 11.1. The van der Waals surface area contributed by atoms with Crippen molar-refractivity contribution in [2.45, 2.75) is 5.92 Å². The molecule has 0 aliphatic carbocycles. The molecule has 4 rings (SSSR count). The Morgan fingerprint density at radius 3 is 2.45 bits per heavy atom. The molecule has 0 amide bonds. The van der Waals surface area contributed by atoms with Crippen molar-refractivity contribution in [2.75, 3.05) is 0 Å². The lowest BCUT2D eigenvalue weighted by Gasteiger charge is -2.27. The SMILES string of the molecule is N#CC1=C(N)Oc2cc(OC(=O)c3cccc(Cl)c3)ccc2C1c1ccc(Cl)cc1Cl. The summed E-state index contributed by atoms with van der Waals surface area (Å²) in [7, 11) is 0. The number of carbonyl (C=O) groups is 1. The number of hydrogen-bond acceptors (Lipinski definition) is 5. The zero-order valence-corrected chi connectivity index (χ0v) is 18.0. The van der Waals surface area contributed by atoms with E-state index in [-0.39, 0.29) is 17.2 Å². The Kier molecular flexibility index (Phi) is 5.79. The van der Waals surface area contributed by atoms with Crippen LogP contribution in [0.3, 0.4) is 0 Å². The highest BCUT2D eigenvalue weighted by Gasteiger charge is 2.32. The summed E-state index contributed by atoms with van der Waals surface area (Å²) >= 11 is 18.4. The number of nitriles is 1. The third kappa shape index (κ3) is 4.19. The van der Waals surface area contributed by atoms with Crippen LogP contribution in [-0.4, -0.2) is 5.97 Å². The molecule has 2 N–H and O–H groups in total. The zero-order chi connectivity index (χ0) is 22.1. The molecule has 154 valence electrons. The Morgan fingerprint density at radius 2 is 1.74 bits per heavy atom. The molecule has 0 fully saturated rings. The summed E-state index contributed by atoms with van der Waals surface area (Å²) in [5.41, 5.74) is 7.85. The van der Waals surface area contributed by atoms with Crippen molar-refractivity contribution < 1.29 is 14.3 Å². The number of esters is 1. The molecule has 1 unspecified atom stereocenters. The van der Waals surface area contributed by atoms with Crippen LogP contribution in [-0.2, 0) is 0 Å². The van der Waals surface area contributed by atoms with E-state index in [1.54, 1.807) is 48.5 Å². The van der Waals surface area contributed by atoms with Gasteiger partial charge in [0, 0.05) is 26.7 Å². The van der Waals surface area contributed by atoms with E-state index in [0.717, 1.165) is 0 Å². The minimum atomic E-state index is -0.572. The van der Waals surface area contributed by atoms with Crippen LogP contribution in [0.5, 0.6) is 11.5 Å². The quantitative estimate of drug-likeness (QED) is 0.369. The standard InChI is InChI=1S/C23H13Cl3N2O3/c24-13-3-1-2-12(8-13)23(29)30-15-5-7-17-20(10-15)31-22(28)18(11-27)21(17)16-6-4-14(25)9-19(16)26/h1-10,21H,28H2. The number of fused-ring (bicyclic) bond motifs is 1. The van der Waals surface area contributed by atoms with Crippen LogP contribution in [0.2, 0.25) is 15.1 Å². The molecule has 5 nitrogen and oxygen atoms in total. The maximum atomic E-state index is 12.4. The third-order valence-corrected chi connectivity index (χ3v) is 5.53. The van der Waals surface area contributed by atoms with Crippen molar-refractivity contribution in [2.24, 2.45) is 5.73 Å². The maximum Gasteiger partial charge on any atom is 0.343 e. The van der Waals surface area contributed by atoms with Gasteiger partial charge in [0.2, 0.25) is 5.88 Å². The normalized spacial score (nSPS) is 15.0. The topological polar surface area (TPSA) is 85.3 Å². The van der Waals surface area contributed by atoms with Crippen LogP contribution in [0.15, 0.2) is 72.1 Å². The predicted molar refractivity (Wildman–Crippen MR) is 119 cm³/mol. The second-order valence-corrected chi connectivity index (χ2v) is 7.97. The first-order chi connectivity index (χ1) is 14.9. The highest BCUT2D eigenvalue weighted by Crippen LogP contribution is 2.45. The number of hydrogen-bond donors (Lipinski definition) is 1. The highest BCUT2D eigenvalue weighted by atomic mass is 35.5. The predicted octanol–water partition coefficient (Wildman–Crippen LogP) is 6.08. The molecule has 0 spiro atoms. The summed E-state index contributed by atoms with van der Waals surface area (Å²) in [5, 5.41) is 11.0. The smallest absolute Gasteiger partial charge is 0.343 e. The highest BCUT2D eigenvalue weighted by molar-refractivity contribution is 6.35. The van der Waals surface area contributed by atoms with Crippen molar-refractivity contribution in [1.82, 2.24) is 0 Å². The molecule has 0 saturated heterocycles. The number of allylic oxidation sites excluding steroid dienone is 1. The molecular weight excluding hydrogens is 459 g/mol. The van der Waals surface area contributed by atoms with E-state index in [4.69, 9.17) is 50.0 Å². The van der Waals surface area contributed by atoms with E-state index in [2.05, 4.69) is 6.07 Å². The molecule has 0 radical (unpaired) electrons. The van der Waals surface area contributed by atoms with Gasteiger partial charge in [0.1, 0.15) is 23.1 Å². The Balaban J connectivity index is 1.72. The monoisotopic (exact) mass is 470 g/mol. The summed E-state index contributed by atoms with van der Waals surface area (Å²) in [6, 6.07) is 18.4. The Morgan fingerprint density at radius 1 is 1.00 bits per heavy atom. The number of nitrogens with two attached hydrogens (primary N) is 1. The van der Waals surface area contributed by atoms with Gasteiger partial charge in [-0.15, -0.1) is 0 Å². The largest absolute Gasteiger partial charge is 0.440 e. The van der Waals surface area contributed by atoms with E-state index >= 15 is 0 Å². The molecule has 3 aromatic rings. The second kappa shape index (κ2) is 8.52. The Labute approximate surface area is 193 Å². The fourth-order valence-electron chi connectivity index (χ4n) is 3.34. The van der Waals surface area contributed by atoms with Crippen LogP contribution in [0.25, 0.3) is 0 Å². The fraction of sp³-hybridized carbons (Fsp3) is 0.0435. The van der Waals surface area contributed by atoms with E-state index < -0.39 is 11.9 Å². The van der Waals surface area contributed by atoms with Gasteiger partial charge in [-0.2, -0.15) is 5.26 Å². The molecule has 0 bridgehead atoms. The summed E-state index contributed by atoms with van der Waals surface area (Å²) in [4.78, 5) is 12.4.